The number of aliphatic carboxylic acids is 2. The fourth-order valence-electron chi connectivity index (χ4n) is 2.71. The number of carbonyl (C=O) groups excluding carboxylic acids is 2. The topological polar surface area (TPSA) is 137 Å². The van der Waals surface area contributed by atoms with Gasteiger partial charge in [-0.05, 0) is 6.42 Å². The first-order valence-corrected chi connectivity index (χ1v) is 9.95. The largest absolute Gasteiger partial charge is 1.00 e. The van der Waals surface area contributed by atoms with Crippen molar-refractivity contribution in [3.05, 3.63) is 0 Å². The summed E-state index contributed by atoms with van der Waals surface area (Å²) in [6.07, 6.45) is 7.45. The zero-order chi connectivity index (χ0) is 18.6. The summed E-state index contributed by atoms with van der Waals surface area (Å²) in [5.41, 5.74) is 0. The molecule has 142 valence electrons. The van der Waals surface area contributed by atoms with Crippen LogP contribution in [0.4, 0.5) is 0 Å². The maximum Gasteiger partial charge on any atom is 1.00 e. The average Bonchev–Trinajstić information content (AvgIpc) is 2.46. The molecule has 0 fully saturated rings. The van der Waals surface area contributed by atoms with Crippen molar-refractivity contribution in [2.24, 2.45) is 0 Å². The minimum absolute atomic E-state index is 0. The summed E-state index contributed by atoms with van der Waals surface area (Å²) >= 11 is 0. The number of carboxylic acid groups (broad SMARTS) is 2. The van der Waals surface area contributed by atoms with Crippen LogP contribution in [0.2, 0.25) is 0 Å². The van der Waals surface area contributed by atoms with E-state index in [1.54, 1.807) is 0 Å². The van der Waals surface area contributed by atoms with Gasteiger partial charge in [0.1, 0.15) is 14.9 Å². The van der Waals surface area contributed by atoms with Crippen LogP contribution in [0.1, 0.15) is 84.0 Å². The Morgan fingerprint density at radius 3 is 1.44 bits per heavy atom. The van der Waals surface area contributed by atoms with Crippen LogP contribution in [-0.4, -0.2) is 29.7 Å². The van der Waals surface area contributed by atoms with Crippen LogP contribution in [0, 0.1) is 0 Å². The van der Waals surface area contributed by atoms with Crippen LogP contribution in [0.5, 0.6) is 0 Å². The molecule has 11 heteroatoms. The number of hydrogen-bond acceptors (Lipinski definition) is 7. The molecule has 27 heavy (non-hydrogen) atoms. The normalized spacial score (nSPS) is 12.7. The molecule has 0 aromatic heterocycles. The van der Waals surface area contributed by atoms with Gasteiger partial charge in [0.15, 0.2) is 0 Å². The molecule has 7 nitrogen and oxygen atoms in total. The fourth-order valence-corrected chi connectivity index (χ4v) is 3.60. The molecule has 0 rings (SSSR count). The standard InChI is InChI=1S/C16H30O7S.3Na/c1-2-3-4-5-6-7-8-9-10-11-12-16(15(19)20,13-14(17)18)24(21,22)23;;;/h2-13H2,1H3,(H,17,18)(H,19,20)(H,21,22,23);;;/q;3*+1/p-3. The van der Waals surface area contributed by atoms with Gasteiger partial charge in [0.2, 0.25) is 0 Å². The van der Waals surface area contributed by atoms with E-state index in [1.807, 2.05) is 0 Å². The summed E-state index contributed by atoms with van der Waals surface area (Å²) in [6.45, 7) is 2.15. The predicted octanol–water partition coefficient (Wildman–Crippen LogP) is -8.52. The second-order valence-corrected chi connectivity index (χ2v) is 7.91. The van der Waals surface area contributed by atoms with Crippen molar-refractivity contribution in [3.8, 4) is 0 Å². The molecule has 1 atom stereocenters. The molecule has 0 saturated heterocycles. The second kappa shape index (κ2) is 19.8. The molecule has 0 bridgehead atoms. The quantitative estimate of drug-likeness (QED) is 0.142. The van der Waals surface area contributed by atoms with E-state index in [9.17, 15) is 32.8 Å². The molecule has 0 spiro atoms. The van der Waals surface area contributed by atoms with E-state index in [0.29, 0.717) is 6.42 Å². The van der Waals surface area contributed by atoms with Gasteiger partial charge in [-0.1, -0.05) is 71.1 Å². The van der Waals surface area contributed by atoms with Crippen LogP contribution in [0.25, 0.3) is 0 Å². The molecule has 0 aliphatic rings. The molecule has 0 N–H and O–H groups in total. The predicted molar refractivity (Wildman–Crippen MR) is 83.5 cm³/mol. The maximum absolute atomic E-state index is 11.3. The average molecular weight is 432 g/mol. The third-order valence-corrected chi connectivity index (χ3v) is 5.69. The second-order valence-electron chi connectivity index (χ2n) is 6.22. The Balaban J connectivity index is -0.000000882. The molecule has 0 aliphatic heterocycles. The fraction of sp³-hybridized carbons (Fsp3) is 0.875. The summed E-state index contributed by atoms with van der Waals surface area (Å²) in [7, 11) is -5.36. The minimum Gasteiger partial charge on any atom is -0.747 e. The molecular formula is C16H27Na3O7S. The zero-order valence-electron chi connectivity index (χ0n) is 17.3. The van der Waals surface area contributed by atoms with Gasteiger partial charge >= 0.3 is 88.7 Å². The van der Waals surface area contributed by atoms with Gasteiger partial charge < -0.3 is 24.4 Å². The molecule has 0 aliphatic carbocycles. The number of rotatable bonds is 15. The summed E-state index contributed by atoms with van der Waals surface area (Å²) in [6, 6.07) is 0. The number of hydrogen-bond donors (Lipinski definition) is 0. The van der Waals surface area contributed by atoms with E-state index in [4.69, 9.17) is 0 Å². The van der Waals surface area contributed by atoms with Gasteiger partial charge in [0.05, 0.1) is 5.97 Å². The van der Waals surface area contributed by atoms with Crippen LogP contribution in [-0.2, 0) is 19.7 Å². The summed E-state index contributed by atoms with van der Waals surface area (Å²) < 4.78 is 30.8. The monoisotopic (exact) mass is 432 g/mol. The Bertz CT molecular complexity index is 500. The number of unbranched alkanes of at least 4 members (excludes halogenated alkanes) is 9. The first-order valence-electron chi connectivity index (χ1n) is 8.54. The third-order valence-electron chi connectivity index (χ3n) is 4.21. The van der Waals surface area contributed by atoms with E-state index in [-0.39, 0.29) is 95.1 Å². The summed E-state index contributed by atoms with van der Waals surface area (Å²) in [4.78, 5) is 21.8. The van der Waals surface area contributed by atoms with Crippen LogP contribution >= 0.6 is 0 Å². The van der Waals surface area contributed by atoms with E-state index in [1.165, 1.54) is 25.7 Å². The first-order chi connectivity index (χ1) is 11.2. The van der Waals surface area contributed by atoms with Crippen molar-refractivity contribution in [1.29, 1.82) is 0 Å². The zero-order valence-corrected chi connectivity index (χ0v) is 24.1. The van der Waals surface area contributed by atoms with Crippen LogP contribution in [0.15, 0.2) is 0 Å². The van der Waals surface area contributed by atoms with Crippen molar-refractivity contribution in [1.82, 2.24) is 0 Å². The van der Waals surface area contributed by atoms with E-state index in [2.05, 4.69) is 6.92 Å². The smallest absolute Gasteiger partial charge is 0.747 e. The van der Waals surface area contributed by atoms with Gasteiger partial charge in [-0.15, -0.1) is 0 Å². The van der Waals surface area contributed by atoms with Crippen molar-refractivity contribution in [2.75, 3.05) is 0 Å². The molecule has 0 aromatic carbocycles. The Morgan fingerprint density at radius 1 is 0.778 bits per heavy atom. The van der Waals surface area contributed by atoms with Gasteiger partial charge in [0, 0.05) is 12.4 Å². The summed E-state index contributed by atoms with van der Waals surface area (Å²) in [5.74, 6) is -4.07. The van der Waals surface area contributed by atoms with Crippen molar-refractivity contribution in [3.63, 3.8) is 0 Å². The van der Waals surface area contributed by atoms with Gasteiger partial charge in [0.25, 0.3) is 0 Å². The van der Waals surface area contributed by atoms with Crippen LogP contribution < -0.4 is 98.9 Å². The summed E-state index contributed by atoms with van der Waals surface area (Å²) in [5, 5.41) is 21.8. The molecule has 0 aromatic rings. The molecule has 0 heterocycles. The van der Waals surface area contributed by atoms with Gasteiger partial charge in [-0.3, -0.25) is 0 Å². The van der Waals surface area contributed by atoms with E-state index in [0.717, 1.165) is 25.7 Å². The molecule has 0 amide bonds. The number of carbonyl (C=O) groups is 2. The van der Waals surface area contributed by atoms with Gasteiger partial charge in [-0.25, -0.2) is 8.42 Å². The Labute approximate surface area is 229 Å². The number of carboxylic acids is 2. The Hall–Kier alpha value is 1.85. The van der Waals surface area contributed by atoms with Crippen LogP contribution in [0.3, 0.4) is 0 Å². The Morgan fingerprint density at radius 2 is 1.15 bits per heavy atom. The van der Waals surface area contributed by atoms with E-state index < -0.39 is 39.6 Å². The molecular weight excluding hydrogens is 405 g/mol. The first kappa shape index (κ1) is 36.2. The van der Waals surface area contributed by atoms with E-state index >= 15 is 0 Å². The molecule has 1 unspecified atom stereocenters. The van der Waals surface area contributed by atoms with Crippen molar-refractivity contribution >= 4 is 22.1 Å². The minimum atomic E-state index is -5.36. The molecule has 0 radical (unpaired) electrons. The van der Waals surface area contributed by atoms with Crippen molar-refractivity contribution < 1.29 is 121 Å². The SMILES string of the molecule is CCCCCCCCCCCCC(CC(=O)[O-])(C(=O)[O-])S(=O)(=O)[O-].[Na+].[Na+].[Na+]. The third kappa shape index (κ3) is 15.3. The van der Waals surface area contributed by atoms with Gasteiger partial charge in [-0.2, -0.15) is 0 Å². The maximum atomic E-state index is 11.3. The van der Waals surface area contributed by atoms with Crippen molar-refractivity contribution in [2.45, 2.75) is 88.7 Å². The molecule has 0 saturated carbocycles. The Kier molecular flexibility index (Phi) is 26.6.